The van der Waals surface area contributed by atoms with Crippen LogP contribution in [0, 0.1) is 19.8 Å². The van der Waals surface area contributed by atoms with Crippen molar-refractivity contribution in [1.29, 1.82) is 0 Å². The van der Waals surface area contributed by atoms with Crippen molar-refractivity contribution in [2.75, 3.05) is 31.7 Å². The summed E-state index contributed by atoms with van der Waals surface area (Å²) in [5.74, 6) is 1.84. The predicted molar refractivity (Wildman–Crippen MR) is 100 cm³/mol. The molecule has 2 aromatic rings. The van der Waals surface area contributed by atoms with Gasteiger partial charge >= 0.3 is 0 Å². The molecule has 8 nitrogen and oxygen atoms in total. The van der Waals surface area contributed by atoms with Gasteiger partial charge in [0.25, 0.3) is 0 Å². The number of piperidine rings is 1. The lowest BCUT2D eigenvalue weighted by Crippen LogP contribution is -2.44. The molecule has 26 heavy (non-hydrogen) atoms. The van der Waals surface area contributed by atoms with Crippen LogP contribution in [0.25, 0.3) is 11.0 Å². The molecule has 0 aromatic carbocycles. The molecular formula is C18H28N6O2. The second kappa shape index (κ2) is 7.57. The molecule has 0 spiro atoms. The van der Waals surface area contributed by atoms with Gasteiger partial charge < -0.3 is 15.0 Å². The number of methoxy groups -OCH3 is 1. The summed E-state index contributed by atoms with van der Waals surface area (Å²) in [5.41, 5.74) is 1.80. The predicted octanol–water partition coefficient (Wildman–Crippen LogP) is 1.35. The number of nitrogens with one attached hydrogen (secondary N) is 1. The summed E-state index contributed by atoms with van der Waals surface area (Å²) in [6, 6.07) is 0.0349. The number of ether oxygens (including phenoxy) is 1. The largest absolute Gasteiger partial charge is 0.383 e. The lowest BCUT2D eigenvalue weighted by Gasteiger charge is -2.33. The minimum Gasteiger partial charge on any atom is -0.383 e. The molecule has 1 N–H and O–H groups in total. The molecule has 0 unspecified atom stereocenters. The summed E-state index contributed by atoms with van der Waals surface area (Å²) in [6.07, 6.45) is 1.63. The van der Waals surface area contributed by atoms with Crippen molar-refractivity contribution >= 4 is 22.8 Å². The van der Waals surface area contributed by atoms with Gasteiger partial charge in [-0.1, -0.05) is 0 Å². The summed E-state index contributed by atoms with van der Waals surface area (Å²) in [5, 5.41) is 8.54. The Balaban J connectivity index is 1.73. The average Bonchev–Trinajstić information content (AvgIpc) is 2.88. The highest BCUT2D eigenvalue weighted by Crippen LogP contribution is 2.30. The number of amides is 1. The zero-order valence-corrected chi connectivity index (χ0v) is 16.2. The van der Waals surface area contributed by atoms with E-state index < -0.39 is 0 Å². The molecule has 0 aliphatic carbocycles. The van der Waals surface area contributed by atoms with Crippen molar-refractivity contribution < 1.29 is 9.53 Å². The lowest BCUT2D eigenvalue weighted by atomic mass is 9.95. The fraction of sp³-hybridized carbons (Fsp3) is 0.667. The van der Waals surface area contributed by atoms with Gasteiger partial charge in [-0.05, 0) is 33.6 Å². The van der Waals surface area contributed by atoms with E-state index in [2.05, 4.69) is 25.3 Å². The van der Waals surface area contributed by atoms with Gasteiger partial charge in [-0.3, -0.25) is 9.48 Å². The maximum atomic E-state index is 12.4. The first kappa shape index (κ1) is 18.6. The van der Waals surface area contributed by atoms with E-state index >= 15 is 0 Å². The van der Waals surface area contributed by atoms with Crippen LogP contribution in [0.5, 0.6) is 0 Å². The van der Waals surface area contributed by atoms with E-state index in [4.69, 9.17) is 4.74 Å². The number of anilines is 1. The summed E-state index contributed by atoms with van der Waals surface area (Å²) < 4.78 is 6.89. The third-order valence-corrected chi connectivity index (χ3v) is 4.92. The van der Waals surface area contributed by atoms with E-state index in [-0.39, 0.29) is 17.9 Å². The minimum absolute atomic E-state index is 0.0349. The number of carbonyl (C=O) groups excluding carboxylic acids is 1. The maximum Gasteiger partial charge on any atom is 0.223 e. The Kier molecular flexibility index (Phi) is 5.41. The number of hydrogen-bond acceptors (Lipinski definition) is 6. The molecule has 1 aliphatic rings. The quantitative estimate of drug-likeness (QED) is 0.866. The molecule has 1 atom stereocenters. The fourth-order valence-corrected chi connectivity index (χ4v) is 3.66. The summed E-state index contributed by atoms with van der Waals surface area (Å²) in [4.78, 5) is 23.9. The molecule has 3 heterocycles. The Bertz CT molecular complexity index is 795. The van der Waals surface area contributed by atoms with Crippen LogP contribution >= 0.6 is 0 Å². The van der Waals surface area contributed by atoms with E-state index in [0.29, 0.717) is 6.61 Å². The molecular weight excluding hydrogens is 332 g/mol. The van der Waals surface area contributed by atoms with Crippen molar-refractivity contribution in [3.63, 3.8) is 0 Å². The van der Waals surface area contributed by atoms with Gasteiger partial charge in [0.2, 0.25) is 5.91 Å². The molecule has 0 radical (unpaired) electrons. The Morgan fingerprint density at radius 3 is 2.65 bits per heavy atom. The summed E-state index contributed by atoms with van der Waals surface area (Å²) in [6.45, 7) is 7.99. The highest BCUT2D eigenvalue weighted by atomic mass is 16.5. The van der Waals surface area contributed by atoms with Crippen molar-refractivity contribution in [1.82, 2.24) is 25.1 Å². The van der Waals surface area contributed by atoms with E-state index in [9.17, 15) is 4.79 Å². The zero-order chi connectivity index (χ0) is 18.8. The lowest BCUT2D eigenvalue weighted by molar-refractivity contribution is -0.126. The SMILES string of the molecule is COC[C@@H](C)NC(=O)C1CCN(c2nc(C)nc3c2c(C)nn3C)CC1. The molecule has 8 heteroatoms. The molecule has 1 amide bonds. The van der Waals surface area contributed by atoms with Crippen molar-refractivity contribution in [3.8, 4) is 0 Å². The van der Waals surface area contributed by atoms with Crippen LogP contribution in [0.1, 0.15) is 31.3 Å². The van der Waals surface area contributed by atoms with E-state index in [0.717, 1.165) is 54.3 Å². The van der Waals surface area contributed by atoms with E-state index in [1.807, 2.05) is 27.8 Å². The highest BCUT2D eigenvalue weighted by molar-refractivity contribution is 5.90. The molecule has 3 rings (SSSR count). The number of nitrogens with zero attached hydrogens (tertiary/aromatic N) is 5. The summed E-state index contributed by atoms with van der Waals surface area (Å²) >= 11 is 0. The number of aryl methyl sites for hydroxylation is 3. The molecule has 1 saturated heterocycles. The molecule has 1 fully saturated rings. The molecule has 0 saturated carbocycles. The van der Waals surface area contributed by atoms with Crippen LogP contribution < -0.4 is 10.2 Å². The number of rotatable bonds is 5. The van der Waals surface area contributed by atoms with Gasteiger partial charge in [0.15, 0.2) is 5.65 Å². The Morgan fingerprint density at radius 1 is 1.31 bits per heavy atom. The minimum atomic E-state index is 0.0349. The van der Waals surface area contributed by atoms with Gasteiger partial charge in [0.05, 0.1) is 17.7 Å². The van der Waals surface area contributed by atoms with Crippen molar-refractivity contribution in [2.24, 2.45) is 13.0 Å². The second-order valence-electron chi connectivity index (χ2n) is 7.13. The summed E-state index contributed by atoms with van der Waals surface area (Å²) in [7, 11) is 3.55. The molecule has 142 valence electrons. The average molecular weight is 360 g/mol. The monoisotopic (exact) mass is 360 g/mol. The Morgan fingerprint density at radius 2 is 2.00 bits per heavy atom. The molecule has 2 aromatic heterocycles. The van der Waals surface area contributed by atoms with Gasteiger partial charge in [-0.2, -0.15) is 5.10 Å². The second-order valence-corrected chi connectivity index (χ2v) is 7.13. The first-order valence-corrected chi connectivity index (χ1v) is 9.13. The zero-order valence-electron chi connectivity index (χ0n) is 16.2. The first-order chi connectivity index (χ1) is 12.4. The van der Waals surface area contributed by atoms with Gasteiger partial charge in [-0.15, -0.1) is 0 Å². The molecule has 1 aliphatic heterocycles. The van der Waals surface area contributed by atoms with Gasteiger partial charge in [0, 0.05) is 39.2 Å². The smallest absolute Gasteiger partial charge is 0.223 e. The van der Waals surface area contributed by atoms with Gasteiger partial charge in [-0.25, -0.2) is 9.97 Å². The van der Waals surface area contributed by atoms with Crippen LogP contribution in [0.15, 0.2) is 0 Å². The van der Waals surface area contributed by atoms with E-state index in [1.54, 1.807) is 11.8 Å². The highest BCUT2D eigenvalue weighted by Gasteiger charge is 2.28. The first-order valence-electron chi connectivity index (χ1n) is 9.13. The number of fused-ring (bicyclic) bond motifs is 1. The van der Waals surface area contributed by atoms with Crippen LogP contribution in [-0.4, -0.2) is 58.5 Å². The van der Waals surface area contributed by atoms with Gasteiger partial charge in [0.1, 0.15) is 11.6 Å². The van der Waals surface area contributed by atoms with Crippen molar-refractivity contribution in [2.45, 2.75) is 39.7 Å². The van der Waals surface area contributed by atoms with Crippen LogP contribution in [0.4, 0.5) is 5.82 Å². The fourth-order valence-electron chi connectivity index (χ4n) is 3.66. The third-order valence-electron chi connectivity index (χ3n) is 4.92. The normalized spacial score (nSPS) is 16.9. The maximum absolute atomic E-state index is 12.4. The Labute approximate surface area is 153 Å². The molecule has 0 bridgehead atoms. The van der Waals surface area contributed by atoms with Crippen LogP contribution in [-0.2, 0) is 16.6 Å². The Hall–Kier alpha value is -2.22. The van der Waals surface area contributed by atoms with E-state index in [1.165, 1.54) is 0 Å². The van der Waals surface area contributed by atoms with Crippen LogP contribution in [0.3, 0.4) is 0 Å². The number of hydrogen-bond donors (Lipinski definition) is 1. The number of aromatic nitrogens is 4. The van der Waals surface area contributed by atoms with Crippen LogP contribution in [0.2, 0.25) is 0 Å². The standard InChI is InChI=1S/C18H28N6O2/c1-11(10-26-5)19-18(25)14-6-8-24(9-7-14)17-15-12(2)22-23(4)16(15)20-13(3)21-17/h11,14H,6-10H2,1-5H3,(H,19,25)/t11-/m1/s1. The topological polar surface area (TPSA) is 85.2 Å². The van der Waals surface area contributed by atoms with Crippen molar-refractivity contribution in [3.05, 3.63) is 11.5 Å². The number of carbonyl (C=O) groups is 1. The third kappa shape index (κ3) is 3.65.